The molecule has 17 heavy (non-hydrogen) atoms. The molecule has 1 fully saturated rings. The fraction of sp³-hybridized carbons (Fsp3) is 0.700. The van der Waals surface area contributed by atoms with Crippen LogP contribution < -0.4 is 5.32 Å². The van der Waals surface area contributed by atoms with Gasteiger partial charge in [0.2, 0.25) is 9.47 Å². The summed E-state index contributed by atoms with van der Waals surface area (Å²) in [5.41, 5.74) is -0.186. The van der Waals surface area contributed by atoms with Crippen LogP contribution in [0.3, 0.4) is 0 Å². The van der Waals surface area contributed by atoms with Crippen LogP contribution in [0.4, 0.5) is 0 Å². The third-order valence-corrected chi connectivity index (χ3v) is 3.64. The summed E-state index contributed by atoms with van der Waals surface area (Å²) in [6.07, 6.45) is 1.62. The average Bonchev–Trinajstić information content (AvgIpc) is 2.63. The fourth-order valence-electron chi connectivity index (χ4n) is 1.90. The molecule has 2 heterocycles. The third-order valence-electron chi connectivity index (χ3n) is 2.63. The van der Waals surface area contributed by atoms with Crippen LogP contribution in [-0.2, 0) is 4.74 Å². The molecule has 94 valence electrons. The van der Waals surface area contributed by atoms with Gasteiger partial charge in [0.05, 0.1) is 5.60 Å². The minimum absolute atomic E-state index is 0.119. The molecule has 0 radical (unpaired) electrons. The molecule has 1 N–H and O–H groups in total. The monoisotopic (exact) mass is 275 g/mol. The number of nitrogens with zero attached hydrogens (tertiary/aromatic N) is 2. The highest BCUT2D eigenvalue weighted by atomic mass is 35.5. The van der Waals surface area contributed by atoms with Crippen LogP contribution in [0.1, 0.15) is 36.5 Å². The molecule has 1 aromatic heterocycles. The maximum atomic E-state index is 11.8. The minimum atomic E-state index is -0.211. The lowest BCUT2D eigenvalue weighted by atomic mass is 9.94. The molecule has 0 aromatic carbocycles. The van der Waals surface area contributed by atoms with Gasteiger partial charge in [-0.3, -0.25) is 4.79 Å². The largest absolute Gasteiger partial charge is 0.375 e. The Balaban J connectivity index is 1.95. The summed E-state index contributed by atoms with van der Waals surface area (Å²) >= 11 is 6.72. The molecule has 7 heteroatoms. The van der Waals surface area contributed by atoms with Crippen molar-refractivity contribution in [2.45, 2.75) is 38.3 Å². The molecular weight excluding hydrogens is 262 g/mol. The smallest absolute Gasteiger partial charge is 0.282 e. The van der Waals surface area contributed by atoms with E-state index >= 15 is 0 Å². The lowest BCUT2D eigenvalue weighted by Gasteiger charge is -2.35. The van der Waals surface area contributed by atoms with Crippen molar-refractivity contribution >= 4 is 28.8 Å². The molecule has 1 aliphatic heterocycles. The second-order valence-electron chi connectivity index (χ2n) is 4.63. The maximum Gasteiger partial charge on any atom is 0.282 e. The number of carbonyl (C=O) groups is 1. The summed E-state index contributed by atoms with van der Waals surface area (Å²) in [7, 11) is 0. The molecular formula is C10H14ClN3O2S. The molecule has 1 atom stereocenters. The second-order valence-corrected chi connectivity index (χ2v) is 6.19. The number of hydrogen-bond acceptors (Lipinski definition) is 5. The van der Waals surface area contributed by atoms with Gasteiger partial charge in [0.25, 0.3) is 5.91 Å². The van der Waals surface area contributed by atoms with E-state index in [1.807, 2.05) is 13.8 Å². The van der Waals surface area contributed by atoms with Crippen molar-refractivity contribution in [2.24, 2.45) is 0 Å². The number of aromatic nitrogens is 2. The molecule has 1 unspecified atom stereocenters. The average molecular weight is 276 g/mol. The molecule has 0 bridgehead atoms. The number of nitrogens with one attached hydrogen (secondary N) is 1. The Morgan fingerprint density at radius 2 is 2.35 bits per heavy atom. The van der Waals surface area contributed by atoms with E-state index in [1.54, 1.807) is 0 Å². The molecule has 2 rings (SSSR count). The lowest BCUT2D eigenvalue weighted by Crippen LogP contribution is -2.45. The third kappa shape index (κ3) is 3.37. The Morgan fingerprint density at radius 3 is 2.94 bits per heavy atom. The Morgan fingerprint density at radius 1 is 1.59 bits per heavy atom. The Labute approximate surface area is 109 Å². The van der Waals surface area contributed by atoms with E-state index < -0.39 is 0 Å². The van der Waals surface area contributed by atoms with Gasteiger partial charge in [-0.2, -0.15) is 0 Å². The first-order valence-corrected chi connectivity index (χ1v) is 6.59. The Hall–Kier alpha value is -0.720. The summed E-state index contributed by atoms with van der Waals surface area (Å²) < 4.78 is 5.87. The van der Waals surface area contributed by atoms with Crippen LogP contribution in [0.25, 0.3) is 0 Å². The number of hydrogen-bond donors (Lipinski definition) is 1. The first kappa shape index (κ1) is 12.7. The molecule has 1 aromatic rings. The fourth-order valence-corrected chi connectivity index (χ4v) is 2.63. The second kappa shape index (κ2) is 4.88. The standard InChI is InChI=1S/C10H14ClN3O2S/c1-10(2)5-6(3-4-16-10)12-7(15)8-13-14-9(11)17-8/h6H,3-5H2,1-2H3,(H,12,15). The summed E-state index contributed by atoms with van der Waals surface area (Å²) in [5, 5.41) is 10.6. The first-order chi connectivity index (χ1) is 7.96. The zero-order chi connectivity index (χ0) is 12.5. The van der Waals surface area contributed by atoms with Crippen LogP contribution in [0.2, 0.25) is 4.47 Å². The summed E-state index contributed by atoms with van der Waals surface area (Å²) in [5.74, 6) is -0.211. The van der Waals surface area contributed by atoms with E-state index in [2.05, 4.69) is 15.5 Å². The van der Waals surface area contributed by atoms with Gasteiger partial charge < -0.3 is 10.1 Å². The summed E-state index contributed by atoms with van der Waals surface area (Å²) in [6, 6.07) is 0.119. The Bertz CT molecular complexity index is 421. The van der Waals surface area contributed by atoms with Crippen molar-refractivity contribution in [1.29, 1.82) is 0 Å². The molecule has 0 spiro atoms. The number of carbonyl (C=O) groups excluding carboxylic acids is 1. The molecule has 1 aliphatic rings. The van der Waals surface area contributed by atoms with Crippen LogP contribution in [-0.4, -0.2) is 34.4 Å². The van der Waals surface area contributed by atoms with E-state index in [0.29, 0.717) is 11.6 Å². The Kier molecular flexibility index (Phi) is 3.65. The van der Waals surface area contributed by atoms with Gasteiger partial charge in [-0.15, -0.1) is 10.2 Å². The SMILES string of the molecule is CC1(C)CC(NC(=O)c2nnc(Cl)s2)CCO1. The van der Waals surface area contributed by atoms with Crippen molar-refractivity contribution in [1.82, 2.24) is 15.5 Å². The zero-order valence-electron chi connectivity index (χ0n) is 9.70. The first-order valence-electron chi connectivity index (χ1n) is 5.40. The van der Waals surface area contributed by atoms with Crippen LogP contribution in [0.15, 0.2) is 0 Å². The van der Waals surface area contributed by atoms with Crippen molar-refractivity contribution in [3.63, 3.8) is 0 Å². The van der Waals surface area contributed by atoms with Gasteiger partial charge in [-0.05, 0) is 38.3 Å². The van der Waals surface area contributed by atoms with Crippen molar-refractivity contribution in [2.75, 3.05) is 6.61 Å². The van der Waals surface area contributed by atoms with Gasteiger partial charge in [0, 0.05) is 12.6 Å². The highest BCUT2D eigenvalue weighted by molar-refractivity contribution is 7.17. The molecule has 5 nitrogen and oxygen atoms in total. The van der Waals surface area contributed by atoms with E-state index in [1.165, 1.54) is 0 Å². The number of amides is 1. The predicted octanol–water partition coefficient (Wildman–Crippen LogP) is 1.88. The van der Waals surface area contributed by atoms with Gasteiger partial charge in [0.15, 0.2) is 0 Å². The number of ether oxygens (including phenoxy) is 1. The van der Waals surface area contributed by atoms with Crippen LogP contribution in [0.5, 0.6) is 0 Å². The van der Waals surface area contributed by atoms with Crippen molar-refractivity contribution in [3.05, 3.63) is 9.47 Å². The van der Waals surface area contributed by atoms with E-state index in [9.17, 15) is 4.79 Å². The molecule has 1 saturated heterocycles. The van der Waals surface area contributed by atoms with E-state index in [-0.39, 0.29) is 22.0 Å². The normalized spacial score (nSPS) is 23.4. The van der Waals surface area contributed by atoms with Crippen LogP contribution in [0, 0.1) is 0 Å². The molecule has 0 aliphatic carbocycles. The van der Waals surface area contributed by atoms with Gasteiger partial charge in [-0.1, -0.05) is 11.3 Å². The predicted molar refractivity (Wildman–Crippen MR) is 65.4 cm³/mol. The highest BCUT2D eigenvalue weighted by Crippen LogP contribution is 2.24. The summed E-state index contributed by atoms with van der Waals surface area (Å²) in [4.78, 5) is 11.8. The topological polar surface area (TPSA) is 64.1 Å². The van der Waals surface area contributed by atoms with Gasteiger partial charge >= 0.3 is 0 Å². The number of rotatable bonds is 2. The zero-order valence-corrected chi connectivity index (χ0v) is 11.3. The van der Waals surface area contributed by atoms with Crippen molar-refractivity contribution in [3.8, 4) is 0 Å². The highest BCUT2D eigenvalue weighted by Gasteiger charge is 2.30. The summed E-state index contributed by atoms with van der Waals surface area (Å²) in [6.45, 7) is 4.70. The molecule has 0 saturated carbocycles. The van der Waals surface area contributed by atoms with Gasteiger partial charge in [0.1, 0.15) is 0 Å². The van der Waals surface area contributed by atoms with Crippen molar-refractivity contribution < 1.29 is 9.53 Å². The van der Waals surface area contributed by atoms with E-state index in [4.69, 9.17) is 16.3 Å². The minimum Gasteiger partial charge on any atom is -0.375 e. The number of halogens is 1. The quantitative estimate of drug-likeness (QED) is 0.895. The maximum absolute atomic E-state index is 11.8. The van der Waals surface area contributed by atoms with E-state index in [0.717, 1.165) is 24.2 Å². The van der Waals surface area contributed by atoms with Gasteiger partial charge in [-0.25, -0.2) is 0 Å². The molecule has 1 amide bonds. The lowest BCUT2D eigenvalue weighted by molar-refractivity contribution is -0.0615. The van der Waals surface area contributed by atoms with Crippen LogP contribution >= 0.6 is 22.9 Å².